The first-order valence-electron chi connectivity index (χ1n) is 22.3. The third-order valence-corrected chi connectivity index (χ3v) is 12.0. The number of carbonyl (C=O) groups excluding carboxylic acids is 3. The molecule has 7 rings (SSSR count). The fourth-order valence-corrected chi connectivity index (χ4v) is 8.21. The molecule has 0 radical (unpaired) electrons. The van der Waals surface area contributed by atoms with Crippen molar-refractivity contribution in [3.63, 3.8) is 0 Å². The fraction of sp³-hybridized carbons (Fsp3) is 0.353. The van der Waals surface area contributed by atoms with E-state index in [1.54, 1.807) is 18.3 Å². The molecule has 64 heavy (non-hydrogen) atoms. The van der Waals surface area contributed by atoms with E-state index in [0.29, 0.717) is 80.8 Å². The van der Waals surface area contributed by atoms with Crippen molar-refractivity contribution in [3.8, 4) is 0 Å². The Bertz CT molecular complexity index is 2440. The van der Waals surface area contributed by atoms with Crippen molar-refractivity contribution in [1.82, 2.24) is 40.5 Å². The van der Waals surface area contributed by atoms with Gasteiger partial charge in [-0.1, -0.05) is 103 Å². The topological polar surface area (TPSA) is 143 Å². The van der Waals surface area contributed by atoms with Crippen LogP contribution in [0, 0.1) is 0 Å². The molecule has 0 unspecified atom stereocenters. The summed E-state index contributed by atoms with van der Waals surface area (Å²) in [5, 5.41) is 10.5. The van der Waals surface area contributed by atoms with Gasteiger partial charge in [0.25, 0.3) is 0 Å². The molecule has 2 aromatic heterocycles. The summed E-state index contributed by atoms with van der Waals surface area (Å²) in [7, 11) is 0. The van der Waals surface area contributed by atoms with Gasteiger partial charge in [0, 0.05) is 71.2 Å². The van der Waals surface area contributed by atoms with Crippen LogP contribution in [0.25, 0.3) is 21.9 Å². The number of para-hydroxylation sites is 1. The number of amides is 3. The van der Waals surface area contributed by atoms with Crippen LogP contribution in [0.3, 0.4) is 0 Å². The minimum atomic E-state index is -0.168. The van der Waals surface area contributed by atoms with Gasteiger partial charge in [-0.2, -0.15) is 0 Å². The monoisotopic (exact) mass is 864 g/mol. The van der Waals surface area contributed by atoms with Crippen molar-refractivity contribution in [1.29, 1.82) is 0 Å². The van der Waals surface area contributed by atoms with Gasteiger partial charge in [0.2, 0.25) is 23.2 Å². The molecule has 1 fully saturated rings. The van der Waals surface area contributed by atoms with Crippen LogP contribution in [-0.2, 0) is 20.9 Å². The molecule has 13 heteroatoms. The highest BCUT2D eigenvalue weighted by Gasteiger charge is 2.23. The van der Waals surface area contributed by atoms with E-state index in [9.17, 15) is 19.2 Å². The van der Waals surface area contributed by atoms with E-state index in [1.165, 1.54) is 0 Å². The van der Waals surface area contributed by atoms with E-state index in [-0.39, 0.29) is 60.9 Å². The summed E-state index contributed by atoms with van der Waals surface area (Å²) in [5.74, 6) is -0.268. The highest BCUT2D eigenvalue weighted by molar-refractivity contribution is 5.89. The highest BCUT2D eigenvalue weighted by atomic mass is 16.3. The average molecular weight is 865 g/mol. The molecule has 0 bridgehead atoms. The number of hydrogen-bond acceptors (Lipinski definition) is 10. The Morgan fingerprint density at radius 3 is 1.31 bits per heavy atom. The first-order chi connectivity index (χ1) is 31.1. The Labute approximate surface area is 375 Å². The molecule has 0 spiro atoms. The molecule has 1 saturated heterocycles. The van der Waals surface area contributed by atoms with Crippen LogP contribution in [0.1, 0.15) is 61.3 Å². The second-order valence-corrected chi connectivity index (χ2v) is 16.8. The van der Waals surface area contributed by atoms with E-state index in [0.717, 1.165) is 22.4 Å². The lowest BCUT2D eigenvalue weighted by Crippen LogP contribution is -2.50. The van der Waals surface area contributed by atoms with Crippen LogP contribution in [-0.4, -0.2) is 114 Å². The molecule has 4 aromatic carbocycles. The number of carbonyl (C=O) groups is 3. The van der Waals surface area contributed by atoms with E-state index in [4.69, 9.17) is 9.40 Å². The average Bonchev–Trinajstić information content (AvgIpc) is 3.30. The first-order valence-corrected chi connectivity index (χ1v) is 22.3. The summed E-state index contributed by atoms with van der Waals surface area (Å²) in [5.41, 5.74) is 4.69. The zero-order chi connectivity index (χ0) is 44.8. The van der Waals surface area contributed by atoms with Crippen molar-refractivity contribution >= 4 is 39.7 Å². The largest absolute Gasteiger partial charge is 0.456 e. The van der Waals surface area contributed by atoms with Crippen LogP contribution >= 0.6 is 0 Å². The maximum atomic E-state index is 13.7. The van der Waals surface area contributed by atoms with Crippen molar-refractivity contribution in [3.05, 3.63) is 160 Å². The fourth-order valence-electron chi connectivity index (χ4n) is 8.21. The van der Waals surface area contributed by atoms with Gasteiger partial charge in [-0.25, -0.2) is 0 Å². The molecule has 3 N–H and O–H groups in total. The lowest BCUT2D eigenvalue weighted by atomic mass is 10.1. The number of rotatable bonds is 14. The van der Waals surface area contributed by atoms with Gasteiger partial charge in [0.15, 0.2) is 0 Å². The van der Waals surface area contributed by atoms with Crippen molar-refractivity contribution in [2.45, 2.75) is 45.4 Å². The van der Waals surface area contributed by atoms with Gasteiger partial charge in [-0.15, -0.1) is 0 Å². The Hall–Kier alpha value is -6.25. The molecule has 3 amide bonds. The van der Waals surface area contributed by atoms with Gasteiger partial charge in [-0.05, 0) is 49.6 Å². The van der Waals surface area contributed by atoms with Crippen molar-refractivity contribution in [2.24, 2.45) is 0 Å². The highest BCUT2D eigenvalue weighted by Crippen LogP contribution is 2.20. The second kappa shape index (κ2) is 22.4. The number of fused-ring (bicyclic) bond motifs is 2. The Morgan fingerprint density at radius 1 is 0.516 bits per heavy atom. The summed E-state index contributed by atoms with van der Waals surface area (Å²) in [4.78, 5) is 67.7. The van der Waals surface area contributed by atoms with Crippen LogP contribution in [0.15, 0.2) is 137 Å². The Morgan fingerprint density at radius 2 is 0.891 bits per heavy atom. The van der Waals surface area contributed by atoms with E-state index < -0.39 is 0 Å². The minimum Gasteiger partial charge on any atom is -0.456 e. The van der Waals surface area contributed by atoms with E-state index >= 15 is 0 Å². The van der Waals surface area contributed by atoms with Crippen LogP contribution < -0.4 is 21.4 Å². The molecule has 0 aliphatic carbocycles. The van der Waals surface area contributed by atoms with E-state index in [2.05, 4.69) is 35.6 Å². The maximum Gasteiger partial charge on any atom is 0.234 e. The third-order valence-electron chi connectivity index (χ3n) is 12.0. The Balaban J connectivity index is 1.11. The number of nitrogens with one attached hydrogen (secondary N) is 3. The van der Waals surface area contributed by atoms with Gasteiger partial charge in [-0.3, -0.25) is 43.8 Å². The Kier molecular flexibility index (Phi) is 16.0. The summed E-state index contributed by atoms with van der Waals surface area (Å²) < 4.78 is 6.20. The molecule has 0 saturated carbocycles. The molecule has 334 valence electrons. The van der Waals surface area contributed by atoms with Gasteiger partial charge < -0.3 is 20.4 Å². The zero-order valence-corrected chi connectivity index (χ0v) is 37.1. The first kappa shape index (κ1) is 45.8. The second-order valence-electron chi connectivity index (χ2n) is 16.8. The molecule has 6 aromatic rings. The normalized spacial score (nSPS) is 16.5. The number of nitrogens with zero attached hydrogens (tertiary/aromatic N) is 5. The number of aromatic nitrogens is 1. The van der Waals surface area contributed by atoms with E-state index in [1.807, 2.05) is 130 Å². The predicted octanol–water partition coefficient (Wildman–Crippen LogP) is 5.70. The molecular formula is C51H60N8O5. The summed E-state index contributed by atoms with van der Waals surface area (Å²) in [6, 6.07) is 38.2. The summed E-state index contributed by atoms with van der Waals surface area (Å²) in [6.07, 6.45) is 1.60. The molecule has 13 nitrogen and oxygen atoms in total. The number of benzene rings is 4. The van der Waals surface area contributed by atoms with Crippen molar-refractivity contribution < 1.29 is 18.8 Å². The standard InChI is InChI=1S/C51H60N8O5/c1-37(40-15-7-4-8-16-40)53-48(60)34-57-25-23-56(33-43-31-47-45(32-52-43)51(63)44-21-13-14-22-46(44)64-47)24-26-58(35-49(61)54-38(2)41-17-9-5-10-18-41)28-30-59(29-27-57)36-50(62)55-39(3)42-19-11-6-12-20-42/h4-22,31-32,37-39H,23-30,33-36H2,1-3H3,(H,53,60)(H,54,61)(H,55,62)/t37-,38-,39-/m0/s1. The number of hydrogen-bond donors (Lipinski definition) is 3. The molecule has 1 aliphatic rings. The van der Waals surface area contributed by atoms with Crippen LogP contribution in [0.5, 0.6) is 0 Å². The number of pyridine rings is 1. The SMILES string of the molecule is C[C@H](NC(=O)CN1CCN(CC(=O)N[C@@H](C)c2ccccc2)CCN(Cc2cc3oc4ccccc4c(=O)c3cn2)CCN(CC(=O)N[C@@H](C)c2ccccc2)CC1)c1ccccc1. The predicted molar refractivity (Wildman–Crippen MR) is 251 cm³/mol. The van der Waals surface area contributed by atoms with Crippen molar-refractivity contribution in [2.75, 3.05) is 72.0 Å². The molecule has 3 atom stereocenters. The van der Waals surface area contributed by atoms with Gasteiger partial charge in [0.05, 0.1) is 54.2 Å². The lowest BCUT2D eigenvalue weighted by Gasteiger charge is -2.34. The molecular weight excluding hydrogens is 805 g/mol. The zero-order valence-electron chi connectivity index (χ0n) is 37.1. The smallest absolute Gasteiger partial charge is 0.234 e. The van der Waals surface area contributed by atoms with Gasteiger partial charge >= 0.3 is 0 Å². The molecule has 3 heterocycles. The summed E-state index contributed by atoms with van der Waals surface area (Å²) >= 11 is 0. The van der Waals surface area contributed by atoms with Crippen LogP contribution in [0.4, 0.5) is 0 Å². The van der Waals surface area contributed by atoms with Crippen LogP contribution in [0.2, 0.25) is 0 Å². The lowest BCUT2D eigenvalue weighted by molar-refractivity contribution is -0.125. The summed E-state index contributed by atoms with van der Waals surface area (Å²) in [6.45, 7) is 11.3. The minimum absolute atomic E-state index is 0.0867. The van der Waals surface area contributed by atoms with Gasteiger partial charge in [0.1, 0.15) is 11.2 Å². The quantitative estimate of drug-likeness (QED) is 0.117. The third kappa shape index (κ3) is 12.9. The maximum absolute atomic E-state index is 13.7. The molecule has 1 aliphatic heterocycles.